The van der Waals surface area contributed by atoms with Gasteiger partial charge in [0.15, 0.2) is 11.0 Å². The molecule has 0 aliphatic carbocycles. The van der Waals surface area contributed by atoms with Crippen molar-refractivity contribution in [3.8, 4) is 6.07 Å². The topological polar surface area (TPSA) is 57.2 Å². The largest absolute Gasteiger partial charge is 0.440 e. The van der Waals surface area contributed by atoms with Crippen molar-refractivity contribution in [2.45, 2.75) is 0 Å². The third-order valence-electron chi connectivity index (χ3n) is 1.44. The van der Waals surface area contributed by atoms with Gasteiger partial charge in [-0.25, -0.2) is 0 Å². The van der Waals surface area contributed by atoms with E-state index in [0.29, 0.717) is 0 Å². The number of hydrogen-bond acceptors (Lipinski definition) is 3. The second-order valence-corrected chi connectivity index (χ2v) is 2.80. The lowest BCUT2D eigenvalue weighted by Gasteiger charge is -2.09. The maximum Gasteiger partial charge on any atom is 0.290 e. The molecule has 0 bridgehead atoms. The Morgan fingerprint density at radius 2 is 2.46 bits per heavy atom. The predicted molar refractivity (Wildman–Crippen MR) is 46.3 cm³/mol. The van der Waals surface area contributed by atoms with Gasteiger partial charge in [-0.3, -0.25) is 4.79 Å². The first-order valence-electron chi connectivity index (χ1n) is 3.53. The molecule has 0 aromatic carbocycles. The van der Waals surface area contributed by atoms with Crippen molar-refractivity contribution in [3.63, 3.8) is 0 Å². The molecule has 1 amide bonds. The van der Waals surface area contributed by atoms with E-state index in [1.807, 2.05) is 6.07 Å². The minimum absolute atomic E-state index is 0.0250. The monoisotopic (exact) mass is 198 g/mol. The van der Waals surface area contributed by atoms with E-state index in [1.54, 1.807) is 0 Å². The third-order valence-corrected chi connectivity index (χ3v) is 1.64. The first-order valence-corrected chi connectivity index (χ1v) is 3.90. The van der Waals surface area contributed by atoms with Crippen molar-refractivity contribution >= 4 is 17.5 Å². The SMILES string of the molecule is CN(CC#N)C(=O)c1ccc(Cl)o1. The minimum Gasteiger partial charge on any atom is -0.440 e. The molecule has 1 aromatic rings. The number of furan rings is 1. The van der Waals surface area contributed by atoms with Crippen LogP contribution < -0.4 is 0 Å². The summed E-state index contributed by atoms with van der Waals surface area (Å²) < 4.78 is 4.88. The summed E-state index contributed by atoms with van der Waals surface area (Å²) in [5.41, 5.74) is 0. The number of nitrogens with zero attached hydrogens (tertiary/aromatic N) is 2. The number of carbonyl (C=O) groups is 1. The van der Waals surface area contributed by atoms with Gasteiger partial charge in [0.1, 0.15) is 6.54 Å². The van der Waals surface area contributed by atoms with E-state index in [4.69, 9.17) is 21.3 Å². The Kier molecular flexibility index (Phi) is 2.93. The predicted octanol–water partition coefficient (Wildman–Crippen LogP) is 1.53. The zero-order valence-corrected chi connectivity index (χ0v) is 7.71. The fourth-order valence-electron chi connectivity index (χ4n) is 0.795. The molecule has 0 radical (unpaired) electrons. The number of carbonyl (C=O) groups excluding carboxylic acids is 1. The van der Waals surface area contributed by atoms with Gasteiger partial charge in [0.05, 0.1) is 6.07 Å². The molecule has 0 N–H and O–H groups in total. The van der Waals surface area contributed by atoms with Gasteiger partial charge in [-0.05, 0) is 23.7 Å². The lowest BCUT2D eigenvalue weighted by Crippen LogP contribution is -2.26. The molecule has 1 aromatic heterocycles. The molecule has 0 saturated carbocycles. The van der Waals surface area contributed by atoms with Crippen molar-refractivity contribution in [3.05, 3.63) is 23.1 Å². The van der Waals surface area contributed by atoms with Gasteiger partial charge in [0.25, 0.3) is 5.91 Å². The van der Waals surface area contributed by atoms with Crippen LogP contribution in [0.25, 0.3) is 0 Å². The highest BCUT2D eigenvalue weighted by Crippen LogP contribution is 2.14. The molecule has 0 unspecified atom stereocenters. The van der Waals surface area contributed by atoms with Crippen molar-refractivity contribution in [1.82, 2.24) is 4.90 Å². The molecule has 0 aliphatic heterocycles. The Morgan fingerprint density at radius 1 is 1.77 bits per heavy atom. The molecule has 13 heavy (non-hydrogen) atoms. The van der Waals surface area contributed by atoms with Gasteiger partial charge in [-0.2, -0.15) is 5.26 Å². The van der Waals surface area contributed by atoms with E-state index in [1.165, 1.54) is 24.1 Å². The van der Waals surface area contributed by atoms with Crippen LogP contribution in [-0.2, 0) is 0 Å². The second kappa shape index (κ2) is 3.97. The fraction of sp³-hybridized carbons (Fsp3) is 0.250. The highest BCUT2D eigenvalue weighted by molar-refractivity contribution is 6.29. The van der Waals surface area contributed by atoms with Crippen molar-refractivity contribution in [2.75, 3.05) is 13.6 Å². The van der Waals surface area contributed by atoms with Crippen LogP contribution in [0.1, 0.15) is 10.6 Å². The van der Waals surface area contributed by atoms with Crippen LogP contribution in [0.4, 0.5) is 0 Å². The minimum atomic E-state index is -0.353. The average Bonchev–Trinajstić information content (AvgIpc) is 2.51. The van der Waals surface area contributed by atoms with Gasteiger partial charge in [0.2, 0.25) is 0 Å². The molecule has 0 saturated heterocycles. The lowest BCUT2D eigenvalue weighted by molar-refractivity contribution is 0.0781. The van der Waals surface area contributed by atoms with Gasteiger partial charge < -0.3 is 9.32 Å². The molecule has 0 atom stereocenters. The van der Waals surface area contributed by atoms with E-state index in [2.05, 4.69) is 0 Å². The molecule has 0 spiro atoms. The van der Waals surface area contributed by atoms with E-state index in [-0.39, 0.29) is 23.4 Å². The molecule has 5 heteroatoms. The first kappa shape index (κ1) is 9.62. The van der Waals surface area contributed by atoms with Crippen LogP contribution in [0.2, 0.25) is 5.22 Å². The van der Waals surface area contributed by atoms with Gasteiger partial charge in [-0.15, -0.1) is 0 Å². The quantitative estimate of drug-likeness (QED) is 0.678. The number of rotatable bonds is 2. The zero-order valence-electron chi connectivity index (χ0n) is 6.95. The van der Waals surface area contributed by atoms with E-state index in [0.717, 1.165) is 0 Å². The summed E-state index contributed by atoms with van der Waals surface area (Å²) in [7, 11) is 1.52. The van der Waals surface area contributed by atoms with Gasteiger partial charge >= 0.3 is 0 Å². The molecular weight excluding hydrogens is 192 g/mol. The molecule has 1 rings (SSSR count). The van der Waals surface area contributed by atoms with E-state index in [9.17, 15) is 4.79 Å². The standard InChI is InChI=1S/C8H7ClN2O2/c1-11(5-4-10)8(12)6-2-3-7(9)13-6/h2-3H,5H2,1H3. The summed E-state index contributed by atoms with van der Waals surface area (Å²) in [4.78, 5) is 12.6. The maximum atomic E-state index is 11.4. The summed E-state index contributed by atoms with van der Waals surface area (Å²) in [6.45, 7) is 0.0250. The van der Waals surface area contributed by atoms with Crippen LogP contribution in [0.3, 0.4) is 0 Å². The van der Waals surface area contributed by atoms with Crippen LogP contribution in [0.5, 0.6) is 0 Å². The smallest absolute Gasteiger partial charge is 0.290 e. The Balaban J connectivity index is 2.74. The maximum absolute atomic E-state index is 11.4. The molecule has 0 fully saturated rings. The van der Waals surface area contributed by atoms with E-state index >= 15 is 0 Å². The summed E-state index contributed by atoms with van der Waals surface area (Å²) in [6.07, 6.45) is 0. The Hall–Kier alpha value is -1.47. The highest BCUT2D eigenvalue weighted by atomic mass is 35.5. The fourth-order valence-corrected chi connectivity index (χ4v) is 0.941. The van der Waals surface area contributed by atoms with Crippen LogP contribution in [0, 0.1) is 11.3 Å². The first-order chi connectivity index (χ1) is 6.15. The Bertz CT molecular complexity index is 353. The summed E-state index contributed by atoms with van der Waals surface area (Å²) in [5.74, 6) is -0.212. The van der Waals surface area contributed by atoms with Crippen molar-refractivity contribution in [2.24, 2.45) is 0 Å². The molecule has 0 aliphatic rings. The summed E-state index contributed by atoms with van der Waals surface area (Å²) >= 11 is 5.48. The molecule has 4 nitrogen and oxygen atoms in total. The number of nitriles is 1. The Labute approximate surface area is 80.3 Å². The van der Waals surface area contributed by atoms with E-state index < -0.39 is 0 Å². The molecule has 68 valence electrons. The summed E-state index contributed by atoms with van der Waals surface area (Å²) in [6, 6.07) is 4.81. The van der Waals surface area contributed by atoms with Crippen molar-refractivity contribution < 1.29 is 9.21 Å². The lowest BCUT2D eigenvalue weighted by atomic mass is 10.4. The van der Waals surface area contributed by atoms with Crippen molar-refractivity contribution in [1.29, 1.82) is 5.26 Å². The average molecular weight is 199 g/mol. The van der Waals surface area contributed by atoms with Crippen LogP contribution in [0.15, 0.2) is 16.5 Å². The number of hydrogen-bond donors (Lipinski definition) is 0. The van der Waals surface area contributed by atoms with Crippen LogP contribution >= 0.6 is 11.6 Å². The number of amides is 1. The van der Waals surface area contributed by atoms with Gasteiger partial charge in [-0.1, -0.05) is 0 Å². The molecular formula is C8H7ClN2O2. The molecule has 1 heterocycles. The van der Waals surface area contributed by atoms with Crippen LogP contribution in [-0.4, -0.2) is 24.4 Å². The van der Waals surface area contributed by atoms with Gasteiger partial charge in [0, 0.05) is 7.05 Å². The Morgan fingerprint density at radius 3 is 2.92 bits per heavy atom. The zero-order chi connectivity index (χ0) is 9.84. The normalized spacial score (nSPS) is 9.31. The second-order valence-electron chi connectivity index (χ2n) is 2.42. The summed E-state index contributed by atoms with van der Waals surface area (Å²) in [5, 5.41) is 8.50. The third kappa shape index (κ3) is 2.23. The highest BCUT2D eigenvalue weighted by Gasteiger charge is 2.14. The number of halogens is 1.